The number of hydrogen-bond acceptors (Lipinski definition) is 2. The molecule has 0 atom stereocenters. The molecule has 0 aliphatic carbocycles. The van der Waals surface area contributed by atoms with E-state index < -0.39 is 0 Å². The molecular formula is C18H20O2. The van der Waals surface area contributed by atoms with Crippen LogP contribution in [0.15, 0.2) is 54.6 Å². The zero-order valence-electron chi connectivity index (χ0n) is 12.0. The fourth-order valence-electron chi connectivity index (χ4n) is 1.98. The maximum atomic E-state index is 12.0. The molecule has 0 unspecified atom stereocenters. The molecule has 2 aromatic rings. The number of para-hydroxylation sites is 1. The molecule has 2 aromatic carbocycles. The average Bonchev–Trinajstić information content (AvgIpc) is 2.48. The summed E-state index contributed by atoms with van der Waals surface area (Å²) in [6, 6.07) is 17.4. The molecule has 0 amide bonds. The molecule has 0 heterocycles. The third kappa shape index (κ3) is 3.95. The van der Waals surface area contributed by atoms with E-state index in [2.05, 4.69) is 13.8 Å². The Morgan fingerprint density at radius 2 is 1.65 bits per heavy atom. The van der Waals surface area contributed by atoms with Crippen LogP contribution in [-0.4, -0.2) is 12.4 Å². The lowest BCUT2D eigenvalue weighted by molar-refractivity contribution is 0.0962. The number of benzene rings is 2. The summed E-state index contributed by atoms with van der Waals surface area (Å²) in [6.07, 6.45) is 0.399. The van der Waals surface area contributed by atoms with Crippen LogP contribution in [0.5, 0.6) is 5.75 Å². The second-order valence-corrected chi connectivity index (χ2v) is 5.11. The van der Waals surface area contributed by atoms with E-state index in [-0.39, 0.29) is 5.78 Å². The van der Waals surface area contributed by atoms with Gasteiger partial charge in [-0.2, -0.15) is 0 Å². The number of ether oxygens (including phenoxy) is 1. The molecule has 104 valence electrons. The molecule has 0 aliphatic rings. The molecule has 0 saturated heterocycles. The minimum Gasteiger partial charge on any atom is -0.493 e. The normalized spacial score (nSPS) is 10.6. The van der Waals surface area contributed by atoms with Crippen molar-refractivity contribution < 1.29 is 9.53 Å². The van der Waals surface area contributed by atoms with Crippen molar-refractivity contribution in [2.45, 2.75) is 26.2 Å². The summed E-state index contributed by atoms with van der Waals surface area (Å²) in [6.45, 7) is 4.70. The third-order valence-corrected chi connectivity index (χ3v) is 3.24. The number of carbonyl (C=O) groups is 1. The predicted molar refractivity (Wildman–Crippen MR) is 81.4 cm³/mol. The number of rotatable bonds is 6. The van der Waals surface area contributed by atoms with E-state index in [0.717, 1.165) is 11.3 Å². The van der Waals surface area contributed by atoms with Gasteiger partial charge in [0.25, 0.3) is 0 Å². The van der Waals surface area contributed by atoms with E-state index in [4.69, 9.17) is 4.74 Å². The van der Waals surface area contributed by atoms with Gasteiger partial charge in [-0.15, -0.1) is 0 Å². The van der Waals surface area contributed by atoms with Crippen molar-refractivity contribution in [3.63, 3.8) is 0 Å². The van der Waals surface area contributed by atoms with Crippen molar-refractivity contribution in [3.8, 4) is 5.75 Å². The van der Waals surface area contributed by atoms with Gasteiger partial charge in [-0.3, -0.25) is 4.79 Å². The summed E-state index contributed by atoms with van der Waals surface area (Å²) >= 11 is 0. The summed E-state index contributed by atoms with van der Waals surface area (Å²) in [5.41, 5.74) is 2.01. The molecule has 2 nitrogen and oxygen atoms in total. The van der Waals surface area contributed by atoms with Crippen molar-refractivity contribution in [2.75, 3.05) is 6.61 Å². The average molecular weight is 268 g/mol. The van der Waals surface area contributed by atoms with Crippen LogP contribution in [0.1, 0.15) is 42.1 Å². The van der Waals surface area contributed by atoms with Gasteiger partial charge in [0.1, 0.15) is 5.75 Å². The Balaban J connectivity index is 1.85. The van der Waals surface area contributed by atoms with Crippen LogP contribution in [0.25, 0.3) is 0 Å². The van der Waals surface area contributed by atoms with Gasteiger partial charge in [0.2, 0.25) is 0 Å². The van der Waals surface area contributed by atoms with Crippen LogP contribution in [0.3, 0.4) is 0 Å². The van der Waals surface area contributed by atoms with Crippen molar-refractivity contribution >= 4 is 5.78 Å². The zero-order chi connectivity index (χ0) is 14.4. The highest BCUT2D eigenvalue weighted by Gasteiger charge is 2.07. The van der Waals surface area contributed by atoms with E-state index in [1.54, 1.807) is 0 Å². The molecule has 0 N–H and O–H groups in total. The first-order valence-electron chi connectivity index (χ1n) is 6.98. The van der Waals surface area contributed by atoms with Crippen LogP contribution in [0, 0.1) is 0 Å². The zero-order valence-corrected chi connectivity index (χ0v) is 12.0. The van der Waals surface area contributed by atoms with Gasteiger partial charge in [-0.1, -0.05) is 56.3 Å². The van der Waals surface area contributed by atoms with Crippen LogP contribution in [0.4, 0.5) is 0 Å². The highest BCUT2D eigenvalue weighted by molar-refractivity contribution is 5.96. The standard InChI is InChI=1S/C18H20O2/c1-14(2)15-8-10-16(11-9-15)18(19)12-13-20-17-6-4-3-5-7-17/h3-11,14H,12-13H2,1-2H3. The first kappa shape index (κ1) is 14.3. The highest BCUT2D eigenvalue weighted by Crippen LogP contribution is 2.16. The molecule has 2 heteroatoms. The van der Waals surface area contributed by atoms with Crippen molar-refractivity contribution in [2.24, 2.45) is 0 Å². The Labute approximate surface area is 120 Å². The number of Topliss-reactive ketones (excluding diaryl/α,β-unsaturated/α-hetero) is 1. The van der Waals surface area contributed by atoms with Gasteiger partial charge in [-0.05, 0) is 23.6 Å². The molecule has 0 fully saturated rings. The fraction of sp³-hybridized carbons (Fsp3) is 0.278. The summed E-state index contributed by atoms with van der Waals surface area (Å²) in [5.74, 6) is 1.41. The van der Waals surface area contributed by atoms with Gasteiger partial charge in [-0.25, -0.2) is 0 Å². The molecule has 0 saturated carbocycles. The van der Waals surface area contributed by atoms with Crippen LogP contribution < -0.4 is 4.74 Å². The molecular weight excluding hydrogens is 248 g/mol. The predicted octanol–water partition coefficient (Wildman–Crippen LogP) is 4.46. The maximum Gasteiger partial charge on any atom is 0.166 e. The molecule has 2 rings (SSSR count). The van der Waals surface area contributed by atoms with Gasteiger partial charge < -0.3 is 4.74 Å². The second-order valence-electron chi connectivity index (χ2n) is 5.11. The summed E-state index contributed by atoms with van der Waals surface area (Å²) < 4.78 is 5.54. The minimum atomic E-state index is 0.122. The fourth-order valence-corrected chi connectivity index (χ4v) is 1.98. The lowest BCUT2D eigenvalue weighted by Crippen LogP contribution is -2.06. The van der Waals surface area contributed by atoms with Gasteiger partial charge in [0, 0.05) is 12.0 Å². The van der Waals surface area contributed by atoms with Crippen LogP contribution in [0.2, 0.25) is 0 Å². The monoisotopic (exact) mass is 268 g/mol. The number of ketones is 1. The molecule has 0 bridgehead atoms. The summed E-state index contributed by atoms with van der Waals surface area (Å²) in [5, 5.41) is 0. The van der Waals surface area contributed by atoms with E-state index >= 15 is 0 Å². The molecule has 0 radical (unpaired) electrons. The van der Waals surface area contributed by atoms with E-state index in [1.165, 1.54) is 5.56 Å². The van der Waals surface area contributed by atoms with Crippen molar-refractivity contribution in [1.82, 2.24) is 0 Å². The first-order valence-corrected chi connectivity index (χ1v) is 6.98. The van der Waals surface area contributed by atoms with Gasteiger partial charge in [0.15, 0.2) is 5.78 Å². The van der Waals surface area contributed by atoms with E-state index in [0.29, 0.717) is 18.9 Å². The van der Waals surface area contributed by atoms with Crippen molar-refractivity contribution in [1.29, 1.82) is 0 Å². The molecule has 0 spiro atoms. The Kier molecular flexibility index (Phi) is 4.94. The number of hydrogen-bond donors (Lipinski definition) is 0. The second kappa shape index (κ2) is 6.90. The van der Waals surface area contributed by atoms with Crippen molar-refractivity contribution in [3.05, 3.63) is 65.7 Å². The Morgan fingerprint density at radius 3 is 2.25 bits per heavy atom. The van der Waals surface area contributed by atoms with E-state index in [9.17, 15) is 4.79 Å². The maximum absolute atomic E-state index is 12.0. The van der Waals surface area contributed by atoms with Crippen LogP contribution in [-0.2, 0) is 0 Å². The Morgan fingerprint density at radius 1 is 1.00 bits per heavy atom. The molecule has 20 heavy (non-hydrogen) atoms. The topological polar surface area (TPSA) is 26.3 Å². The van der Waals surface area contributed by atoms with Crippen LogP contribution >= 0.6 is 0 Å². The summed E-state index contributed by atoms with van der Waals surface area (Å²) in [4.78, 5) is 12.0. The van der Waals surface area contributed by atoms with Gasteiger partial charge >= 0.3 is 0 Å². The highest BCUT2D eigenvalue weighted by atomic mass is 16.5. The number of carbonyl (C=O) groups excluding carboxylic acids is 1. The lowest BCUT2D eigenvalue weighted by atomic mass is 10.00. The first-order chi connectivity index (χ1) is 9.66. The molecule has 0 aliphatic heterocycles. The SMILES string of the molecule is CC(C)c1ccc(C(=O)CCOc2ccccc2)cc1. The largest absolute Gasteiger partial charge is 0.493 e. The Bertz CT molecular complexity index is 541. The van der Waals surface area contributed by atoms with E-state index in [1.807, 2.05) is 54.6 Å². The summed E-state index contributed by atoms with van der Waals surface area (Å²) in [7, 11) is 0. The molecule has 0 aromatic heterocycles. The Hall–Kier alpha value is -2.09. The smallest absolute Gasteiger partial charge is 0.166 e. The quantitative estimate of drug-likeness (QED) is 0.723. The third-order valence-electron chi connectivity index (χ3n) is 3.24. The van der Waals surface area contributed by atoms with Gasteiger partial charge in [0.05, 0.1) is 6.61 Å². The lowest BCUT2D eigenvalue weighted by Gasteiger charge is -2.07. The minimum absolute atomic E-state index is 0.122.